The molecule has 0 spiro atoms. The minimum absolute atomic E-state index is 0.103. The van der Waals surface area contributed by atoms with Crippen molar-refractivity contribution in [1.82, 2.24) is 9.88 Å². The normalized spacial score (nSPS) is 16.7. The summed E-state index contributed by atoms with van der Waals surface area (Å²) in [4.78, 5) is 44.4. The van der Waals surface area contributed by atoms with Gasteiger partial charge in [-0.2, -0.15) is 4.98 Å². The minimum Gasteiger partial charge on any atom is -0.481 e. The molecule has 2 heterocycles. The molecule has 4 aromatic rings. The van der Waals surface area contributed by atoms with Crippen molar-refractivity contribution in [2.75, 3.05) is 30.4 Å². The number of benzene rings is 3. The van der Waals surface area contributed by atoms with Gasteiger partial charge in [0, 0.05) is 44.4 Å². The topological polar surface area (TPSA) is 116 Å². The first kappa shape index (κ1) is 26.9. The van der Waals surface area contributed by atoms with Crippen LogP contribution in [0.3, 0.4) is 0 Å². The van der Waals surface area contributed by atoms with Crippen LogP contribution in [0.1, 0.15) is 36.5 Å². The summed E-state index contributed by atoms with van der Waals surface area (Å²) in [5.41, 5.74) is 5.74. The Morgan fingerprint density at radius 2 is 1.82 bits per heavy atom. The van der Waals surface area contributed by atoms with Crippen LogP contribution in [-0.4, -0.2) is 52.9 Å². The second kappa shape index (κ2) is 11.2. The molecule has 9 nitrogen and oxygen atoms in total. The van der Waals surface area contributed by atoms with E-state index in [2.05, 4.69) is 23.3 Å². The summed E-state index contributed by atoms with van der Waals surface area (Å²) < 4.78 is 5.94. The number of carbonyl (C=O) groups excluding carboxylic acids is 2. The lowest BCUT2D eigenvalue weighted by atomic mass is 9.89. The van der Waals surface area contributed by atoms with E-state index in [1.807, 2.05) is 60.7 Å². The first-order valence-corrected chi connectivity index (χ1v) is 13.3. The zero-order valence-corrected chi connectivity index (χ0v) is 22.8. The highest BCUT2D eigenvalue weighted by Crippen LogP contribution is 2.34. The third-order valence-electron chi connectivity index (χ3n) is 7.61. The van der Waals surface area contributed by atoms with Gasteiger partial charge in [0.05, 0.1) is 12.3 Å². The Morgan fingerprint density at radius 1 is 1.07 bits per heavy atom. The van der Waals surface area contributed by atoms with E-state index >= 15 is 0 Å². The number of aromatic nitrogens is 1. The molecular weight excluding hydrogens is 508 g/mol. The Hall–Kier alpha value is -4.66. The minimum atomic E-state index is -0.914. The fraction of sp³-hybridized carbons (Fsp3) is 0.290. The first-order valence-electron chi connectivity index (χ1n) is 13.3. The number of anilines is 3. The molecule has 0 aliphatic carbocycles. The molecule has 3 aromatic carbocycles. The summed E-state index contributed by atoms with van der Waals surface area (Å²) in [5.74, 6) is -2.10. The largest absolute Gasteiger partial charge is 0.481 e. The molecule has 0 bridgehead atoms. The summed E-state index contributed by atoms with van der Waals surface area (Å²) in [6.45, 7) is 4.11. The molecule has 2 amide bonds. The van der Waals surface area contributed by atoms with Crippen molar-refractivity contribution in [2.45, 2.75) is 32.6 Å². The smallest absolute Gasteiger partial charge is 0.308 e. The fourth-order valence-electron chi connectivity index (χ4n) is 5.23. The number of hydrogen-bond acceptors (Lipinski definition) is 6. The average Bonchev–Trinajstić information content (AvgIpc) is 3.57. The van der Waals surface area contributed by atoms with Gasteiger partial charge in [-0.15, -0.1) is 0 Å². The maximum atomic E-state index is 13.1. The van der Waals surface area contributed by atoms with Crippen molar-refractivity contribution >= 4 is 46.3 Å². The highest BCUT2D eigenvalue weighted by Gasteiger charge is 2.39. The zero-order chi connectivity index (χ0) is 28.4. The van der Waals surface area contributed by atoms with Gasteiger partial charge in [-0.3, -0.25) is 14.4 Å². The number of amides is 2. The average molecular weight is 541 g/mol. The molecule has 2 unspecified atom stereocenters. The number of carboxylic acids is 1. The lowest BCUT2D eigenvalue weighted by Crippen LogP contribution is -2.28. The van der Waals surface area contributed by atoms with E-state index < -0.39 is 11.9 Å². The number of aliphatic carboxylic acids is 1. The van der Waals surface area contributed by atoms with Crippen molar-refractivity contribution < 1.29 is 23.9 Å². The summed E-state index contributed by atoms with van der Waals surface area (Å²) in [7, 11) is 1.71. The Balaban J connectivity index is 1.26. The highest BCUT2D eigenvalue weighted by atomic mass is 16.4. The fourth-order valence-corrected chi connectivity index (χ4v) is 5.23. The van der Waals surface area contributed by atoms with E-state index in [-0.39, 0.29) is 30.7 Å². The van der Waals surface area contributed by atoms with Crippen LogP contribution in [0.25, 0.3) is 11.1 Å². The quantitative estimate of drug-likeness (QED) is 0.324. The molecule has 9 heteroatoms. The van der Waals surface area contributed by atoms with Crippen molar-refractivity contribution in [3.05, 3.63) is 83.4 Å². The molecule has 5 rings (SSSR count). The molecule has 1 saturated heterocycles. The number of para-hydroxylation sites is 1. The zero-order valence-electron chi connectivity index (χ0n) is 22.8. The van der Waals surface area contributed by atoms with E-state index in [0.29, 0.717) is 29.3 Å². The van der Waals surface area contributed by atoms with Crippen molar-refractivity contribution in [3.8, 4) is 0 Å². The number of nitrogens with one attached hydrogen (secondary N) is 1. The van der Waals surface area contributed by atoms with E-state index in [4.69, 9.17) is 4.42 Å². The predicted octanol–water partition coefficient (Wildman–Crippen LogP) is 4.99. The van der Waals surface area contributed by atoms with Gasteiger partial charge in [-0.1, -0.05) is 43.3 Å². The van der Waals surface area contributed by atoms with Crippen LogP contribution >= 0.6 is 0 Å². The number of carboxylic acid groups (broad SMARTS) is 1. The monoisotopic (exact) mass is 540 g/mol. The molecule has 2 N–H and O–H groups in total. The third kappa shape index (κ3) is 5.54. The molecule has 1 fully saturated rings. The van der Waals surface area contributed by atoms with Gasteiger partial charge in [-0.05, 0) is 53.4 Å². The number of hydrogen-bond donors (Lipinski definition) is 2. The Labute approximate surface area is 232 Å². The maximum absolute atomic E-state index is 13.1. The summed E-state index contributed by atoms with van der Waals surface area (Å²) >= 11 is 0. The van der Waals surface area contributed by atoms with Gasteiger partial charge < -0.3 is 24.6 Å². The Kier molecular flexibility index (Phi) is 7.55. The van der Waals surface area contributed by atoms with Crippen LogP contribution in [-0.2, 0) is 27.2 Å². The van der Waals surface area contributed by atoms with E-state index in [1.54, 1.807) is 16.8 Å². The molecular formula is C31H32N4O5. The molecule has 1 aliphatic heterocycles. The molecule has 2 atom stereocenters. The number of aryl methyl sites for hydroxylation is 1. The van der Waals surface area contributed by atoms with Gasteiger partial charge in [0.2, 0.25) is 11.8 Å². The maximum Gasteiger partial charge on any atom is 0.308 e. The number of likely N-dealkylation sites (tertiary alicyclic amines) is 1. The van der Waals surface area contributed by atoms with Gasteiger partial charge in [0.1, 0.15) is 5.52 Å². The van der Waals surface area contributed by atoms with E-state index in [9.17, 15) is 19.5 Å². The number of rotatable bonds is 8. The van der Waals surface area contributed by atoms with Crippen LogP contribution in [0, 0.1) is 5.92 Å². The Bertz CT molecular complexity index is 1560. The number of likely N-dealkylation sites (N-methyl/N-ethyl adjacent to an activating group) is 1. The summed E-state index contributed by atoms with van der Waals surface area (Å²) in [5, 5.41) is 12.9. The molecule has 0 radical (unpaired) electrons. The second-order valence-electron chi connectivity index (χ2n) is 10.2. The molecule has 1 aliphatic rings. The van der Waals surface area contributed by atoms with Crippen LogP contribution < -0.4 is 10.2 Å². The van der Waals surface area contributed by atoms with Crippen molar-refractivity contribution in [3.63, 3.8) is 0 Å². The molecule has 206 valence electrons. The van der Waals surface area contributed by atoms with Crippen LogP contribution in [0.5, 0.6) is 0 Å². The number of nitrogens with zero attached hydrogens (tertiary/aromatic N) is 3. The number of carbonyl (C=O) groups is 3. The van der Waals surface area contributed by atoms with Crippen molar-refractivity contribution in [2.24, 2.45) is 5.92 Å². The van der Waals surface area contributed by atoms with Crippen LogP contribution in [0.2, 0.25) is 0 Å². The summed E-state index contributed by atoms with van der Waals surface area (Å²) in [6.07, 6.45) is 1.06. The lowest BCUT2D eigenvalue weighted by Gasteiger charge is -2.20. The van der Waals surface area contributed by atoms with Crippen LogP contribution in [0.15, 0.2) is 71.1 Å². The number of oxazole rings is 1. The van der Waals surface area contributed by atoms with Gasteiger partial charge in [-0.25, -0.2) is 0 Å². The standard InChI is InChI=1S/C31H32N4O5/c1-4-21-7-5-6-8-26(21)32-31-33-27-14-9-20(15-28(27)40-31)16-29(37)34(3)23-12-10-22(11-13-23)24-17-35(19(2)36)18-25(24)30(38)39/h5-15,24-25H,4,16-18H2,1-3H3,(H,32,33)(H,38,39). The van der Waals surface area contributed by atoms with E-state index in [1.165, 1.54) is 6.92 Å². The molecule has 1 aromatic heterocycles. The lowest BCUT2D eigenvalue weighted by molar-refractivity contribution is -0.141. The first-order chi connectivity index (χ1) is 19.2. The van der Waals surface area contributed by atoms with Gasteiger partial charge in [0.15, 0.2) is 5.58 Å². The SMILES string of the molecule is CCc1ccccc1Nc1nc2ccc(CC(=O)N(C)c3ccc(C4CN(C(C)=O)CC4C(=O)O)cc3)cc2o1. The molecule has 0 saturated carbocycles. The van der Waals surface area contributed by atoms with Gasteiger partial charge >= 0.3 is 5.97 Å². The van der Waals surface area contributed by atoms with Crippen LogP contribution in [0.4, 0.5) is 17.4 Å². The summed E-state index contributed by atoms with van der Waals surface area (Å²) in [6, 6.07) is 21.3. The predicted molar refractivity (Wildman–Crippen MR) is 153 cm³/mol. The third-order valence-corrected chi connectivity index (χ3v) is 7.61. The molecule has 40 heavy (non-hydrogen) atoms. The number of fused-ring (bicyclic) bond motifs is 1. The van der Waals surface area contributed by atoms with Gasteiger partial charge in [0.25, 0.3) is 6.01 Å². The highest BCUT2D eigenvalue weighted by molar-refractivity contribution is 5.94. The Morgan fingerprint density at radius 3 is 2.52 bits per heavy atom. The second-order valence-corrected chi connectivity index (χ2v) is 10.2. The van der Waals surface area contributed by atoms with E-state index in [0.717, 1.165) is 28.8 Å². The van der Waals surface area contributed by atoms with Crippen molar-refractivity contribution in [1.29, 1.82) is 0 Å².